The van der Waals surface area contributed by atoms with Crippen LogP contribution in [0.15, 0.2) is 39.5 Å². The van der Waals surface area contributed by atoms with Gasteiger partial charge >= 0.3 is 0 Å². The third-order valence-electron chi connectivity index (χ3n) is 4.20. The monoisotopic (exact) mass is 336 g/mol. The van der Waals surface area contributed by atoms with Crippen molar-refractivity contribution in [3.8, 4) is 0 Å². The molecule has 0 unspecified atom stereocenters. The third-order valence-corrected chi connectivity index (χ3v) is 4.95. The average Bonchev–Trinajstić information content (AvgIpc) is 2.49. The molecule has 0 saturated carbocycles. The minimum absolute atomic E-state index is 0.205. The van der Waals surface area contributed by atoms with Gasteiger partial charge in [-0.25, -0.2) is 0 Å². The molecule has 2 aliphatic carbocycles. The van der Waals surface area contributed by atoms with Crippen LogP contribution in [0.2, 0.25) is 0 Å². The fourth-order valence-electron chi connectivity index (χ4n) is 3.25. The summed E-state index contributed by atoms with van der Waals surface area (Å²) in [7, 11) is 0. The third kappa shape index (κ3) is 1.62. The maximum atomic E-state index is 2.44. The van der Waals surface area contributed by atoms with E-state index in [4.69, 9.17) is 0 Å². The maximum absolute atomic E-state index is 2.44. The fourth-order valence-corrected chi connectivity index (χ4v) is 3.84. The summed E-state index contributed by atoms with van der Waals surface area (Å²) in [6, 6.07) is 6.96. The van der Waals surface area contributed by atoms with Crippen LogP contribution in [0.25, 0.3) is 0 Å². The van der Waals surface area contributed by atoms with Gasteiger partial charge in [0.1, 0.15) is 0 Å². The summed E-state index contributed by atoms with van der Waals surface area (Å²) >= 11 is 2.44. The largest absolute Gasteiger partial charge is 0.0702 e. The smallest absolute Gasteiger partial charge is 0.0118 e. The molecule has 0 spiro atoms. The molecule has 0 aromatic heterocycles. The minimum atomic E-state index is 0.205. The second-order valence-electron chi connectivity index (χ2n) is 5.69. The molecular formula is C16H17I. The molecule has 0 amide bonds. The quantitative estimate of drug-likeness (QED) is 0.584. The lowest BCUT2D eigenvalue weighted by Crippen LogP contribution is -2.17. The number of rotatable bonds is 0. The minimum Gasteiger partial charge on any atom is -0.0702 e. The topological polar surface area (TPSA) is 0 Å². The van der Waals surface area contributed by atoms with Gasteiger partial charge in [0.15, 0.2) is 0 Å². The summed E-state index contributed by atoms with van der Waals surface area (Å²) in [6.45, 7) is 6.92. The lowest BCUT2D eigenvalue weighted by atomic mass is 9.79. The molecule has 0 nitrogen and oxygen atoms in total. The van der Waals surface area contributed by atoms with Crippen LogP contribution in [-0.2, 0) is 5.41 Å². The average molecular weight is 336 g/mol. The van der Waals surface area contributed by atoms with Crippen molar-refractivity contribution < 1.29 is 0 Å². The standard InChI is InChI=1S/C16H17I/c1-10-4-6-12-13-7-5-11(17)9-15(13)16(2,3)14(12)8-10/h4-6,8-9,13H,7H2,1-3H3/t13-/m1/s1. The van der Waals surface area contributed by atoms with E-state index in [1.165, 1.54) is 21.1 Å². The van der Waals surface area contributed by atoms with Crippen LogP contribution in [0, 0.1) is 6.92 Å². The molecule has 1 atom stereocenters. The highest BCUT2D eigenvalue weighted by molar-refractivity contribution is 14.1. The molecule has 3 rings (SSSR count). The van der Waals surface area contributed by atoms with Gasteiger partial charge in [-0.2, -0.15) is 0 Å². The second kappa shape index (κ2) is 3.71. The molecule has 0 saturated heterocycles. The molecule has 1 aromatic carbocycles. The Morgan fingerprint density at radius 1 is 1.29 bits per heavy atom. The molecule has 1 heteroatoms. The summed E-state index contributed by atoms with van der Waals surface area (Å²) < 4.78 is 1.39. The van der Waals surface area contributed by atoms with Crippen LogP contribution in [-0.4, -0.2) is 0 Å². The summed E-state index contributed by atoms with van der Waals surface area (Å²) in [4.78, 5) is 0. The van der Waals surface area contributed by atoms with Gasteiger partial charge in [-0.1, -0.05) is 49.3 Å². The van der Waals surface area contributed by atoms with Gasteiger partial charge in [0.25, 0.3) is 0 Å². The Balaban J connectivity index is 2.23. The van der Waals surface area contributed by atoms with Gasteiger partial charge < -0.3 is 0 Å². The molecule has 2 aliphatic rings. The van der Waals surface area contributed by atoms with Crippen LogP contribution >= 0.6 is 22.6 Å². The first-order chi connectivity index (χ1) is 8.00. The van der Waals surface area contributed by atoms with E-state index in [0.29, 0.717) is 5.92 Å². The molecule has 0 bridgehead atoms. The van der Waals surface area contributed by atoms with Crippen molar-refractivity contribution in [2.24, 2.45) is 0 Å². The zero-order valence-corrected chi connectivity index (χ0v) is 12.7. The molecule has 0 aliphatic heterocycles. The van der Waals surface area contributed by atoms with E-state index in [-0.39, 0.29) is 5.41 Å². The Hall–Kier alpha value is -0.570. The van der Waals surface area contributed by atoms with Crippen LogP contribution < -0.4 is 0 Å². The lowest BCUT2D eigenvalue weighted by Gasteiger charge is -2.26. The van der Waals surface area contributed by atoms with E-state index in [1.807, 2.05) is 0 Å². The van der Waals surface area contributed by atoms with Gasteiger partial charge in [0.2, 0.25) is 0 Å². The van der Waals surface area contributed by atoms with E-state index in [2.05, 4.69) is 73.7 Å². The molecule has 17 heavy (non-hydrogen) atoms. The zero-order chi connectivity index (χ0) is 12.2. The van der Waals surface area contributed by atoms with Crippen LogP contribution in [0.5, 0.6) is 0 Å². The van der Waals surface area contributed by atoms with Crippen LogP contribution in [0.4, 0.5) is 0 Å². The highest BCUT2D eigenvalue weighted by Crippen LogP contribution is 2.53. The van der Waals surface area contributed by atoms with E-state index < -0.39 is 0 Å². The van der Waals surface area contributed by atoms with Crippen molar-refractivity contribution in [3.63, 3.8) is 0 Å². The Bertz CT molecular complexity index is 547. The summed E-state index contributed by atoms with van der Waals surface area (Å²) in [6.07, 6.45) is 5.92. The molecule has 1 aromatic rings. The number of hydrogen-bond donors (Lipinski definition) is 0. The number of benzene rings is 1. The lowest BCUT2D eigenvalue weighted by molar-refractivity contribution is 0.612. The van der Waals surface area contributed by atoms with E-state index in [0.717, 1.165) is 0 Å². The van der Waals surface area contributed by atoms with Gasteiger partial charge in [0.05, 0.1) is 0 Å². The van der Waals surface area contributed by atoms with Gasteiger partial charge in [0, 0.05) is 14.9 Å². The molecule has 0 fully saturated rings. The maximum Gasteiger partial charge on any atom is 0.0118 e. The first-order valence-corrected chi connectivity index (χ1v) is 7.27. The van der Waals surface area contributed by atoms with Crippen molar-refractivity contribution >= 4 is 22.6 Å². The Kier molecular flexibility index (Phi) is 2.51. The molecule has 0 radical (unpaired) electrons. The fraction of sp³-hybridized carbons (Fsp3) is 0.375. The zero-order valence-electron chi connectivity index (χ0n) is 10.5. The van der Waals surface area contributed by atoms with Crippen molar-refractivity contribution in [3.05, 3.63) is 56.2 Å². The van der Waals surface area contributed by atoms with E-state index in [1.54, 1.807) is 11.1 Å². The van der Waals surface area contributed by atoms with Crippen molar-refractivity contribution in [2.75, 3.05) is 0 Å². The van der Waals surface area contributed by atoms with Crippen molar-refractivity contribution in [1.82, 2.24) is 0 Å². The molecule has 88 valence electrons. The number of halogens is 1. The van der Waals surface area contributed by atoms with Crippen molar-refractivity contribution in [1.29, 1.82) is 0 Å². The molecular weight excluding hydrogens is 319 g/mol. The van der Waals surface area contributed by atoms with Gasteiger partial charge in [-0.05, 0) is 53.1 Å². The summed E-state index contributed by atoms with van der Waals surface area (Å²) in [5.74, 6) is 0.624. The Morgan fingerprint density at radius 3 is 2.82 bits per heavy atom. The highest BCUT2D eigenvalue weighted by Gasteiger charge is 2.41. The number of fused-ring (bicyclic) bond motifs is 3. The number of aryl methyl sites for hydroxylation is 1. The summed E-state index contributed by atoms with van der Waals surface area (Å²) in [5.41, 5.74) is 6.26. The van der Waals surface area contributed by atoms with Crippen LogP contribution in [0.1, 0.15) is 42.9 Å². The first-order valence-electron chi connectivity index (χ1n) is 6.19. The highest BCUT2D eigenvalue weighted by atomic mass is 127. The second-order valence-corrected chi connectivity index (χ2v) is 6.94. The normalized spacial score (nSPS) is 24.8. The summed E-state index contributed by atoms with van der Waals surface area (Å²) in [5, 5.41) is 0. The van der Waals surface area contributed by atoms with E-state index in [9.17, 15) is 0 Å². The van der Waals surface area contributed by atoms with Crippen LogP contribution in [0.3, 0.4) is 0 Å². The Labute approximate surface area is 117 Å². The Morgan fingerprint density at radius 2 is 2.06 bits per heavy atom. The predicted molar refractivity (Wildman–Crippen MR) is 81.7 cm³/mol. The van der Waals surface area contributed by atoms with Gasteiger partial charge in [-0.15, -0.1) is 0 Å². The number of allylic oxidation sites excluding steroid dienone is 4. The SMILES string of the molecule is Cc1ccc2c(c1)C(C)(C)C1=CC(I)=CC[C@@H]12. The predicted octanol–water partition coefficient (Wildman–Crippen LogP) is 5.02. The van der Waals surface area contributed by atoms with E-state index >= 15 is 0 Å². The number of hydrogen-bond acceptors (Lipinski definition) is 0. The van der Waals surface area contributed by atoms with Gasteiger partial charge in [-0.3, -0.25) is 0 Å². The van der Waals surface area contributed by atoms with Crippen molar-refractivity contribution in [2.45, 2.75) is 38.5 Å². The first kappa shape index (κ1) is 11.5. The molecule has 0 heterocycles. The molecule has 0 N–H and O–H groups in total.